The van der Waals surface area contributed by atoms with E-state index in [2.05, 4.69) is 20.6 Å². The number of amides is 1. The van der Waals surface area contributed by atoms with Gasteiger partial charge in [0.2, 0.25) is 0 Å². The van der Waals surface area contributed by atoms with Gasteiger partial charge in [0.25, 0.3) is 5.91 Å². The molecule has 0 aliphatic rings. The Bertz CT molecular complexity index is 554. The van der Waals surface area contributed by atoms with Crippen molar-refractivity contribution in [1.29, 1.82) is 0 Å². The van der Waals surface area contributed by atoms with Crippen molar-refractivity contribution >= 4 is 11.7 Å². The van der Waals surface area contributed by atoms with Crippen LogP contribution in [-0.2, 0) is 6.42 Å². The Morgan fingerprint density at radius 1 is 1.20 bits per heavy atom. The van der Waals surface area contributed by atoms with Crippen molar-refractivity contribution in [3.63, 3.8) is 0 Å². The summed E-state index contributed by atoms with van der Waals surface area (Å²) >= 11 is 0. The van der Waals surface area contributed by atoms with Crippen LogP contribution in [0.15, 0.2) is 42.7 Å². The fraction of sp³-hybridized carbons (Fsp3) is 0.267. The average molecular weight is 270 g/mol. The van der Waals surface area contributed by atoms with E-state index in [4.69, 9.17) is 0 Å². The Morgan fingerprint density at radius 2 is 1.95 bits per heavy atom. The van der Waals surface area contributed by atoms with Crippen molar-refractivity contribution in [3.05, 3.63) is 54.0 Å². The SMILES string of the molecule is CNc1cnc(C(=O)NC(C)Cc2ccccc2)cn1. The van der Waals surface area contributed by atoms with E-state index in [9.17, 15) is 4.79 Å². The summed E-state index contributed by atoms with van der Waals surface area (Å²) in [5.41, 5.74) is 1.51. The number of benzene rings is 1. The molecule has 1 amide bonds. The average Bonchev–Trinajstić information content (AvgIpc) is 2.48. The van der Waals surface area contributed by atoms with Gasteiger partial charge in [0.05, 0.1) is 12.4 Å². The molecule has 1 aromatic carbocycles. The molecule has 20 heavy (non-hydrogen) atoms. The first-order chi connectivity index (χ1) is 9.69. The zero-order valence-corrected chi connectivity index (χ0v) is 11.6. The molecule has 0 fully saturated rings. The van der Waals surface area contributed by atoms with Crippen LogP contribution in [0, 0.1) is 0 Å². The number of carbonyl (C=O) groups excluding carboxylic acids is 1. The van der Waals surface area contributed by atoms with Gasteiger partial charge in [0, 0.05) is 13.1 Å². The van der Waals surface area contributed by atoms with Crippen LogP contribution in [0.4, 0.5) is 5.82 Å². The van der Waals surface area contributed by atoms with Gasteiger partial charge in [-0.05, 0) is 18.9 Å². The standard InChI is InChI=1S/C15H18N4O/c1-11(8-12-6-4-3-5-7-12)19-15(20)13-9-18-14(16-2)10-17-13/h3-7,9-11H,8H2,1-2H3,(H,16,18)(H,19,20). The number of nitrogens with one attached hydrogen (secondary N) is 2. The lowest BCUT2D eigenvalue weighted by Crippen LogP contribution is -2.34. The predicted octanol–water partition coefficient (Wildman–Crippen LogP) is 1.88. The van der Waals surface area contributed by atoms with Crippen molar-refractivity contribution in [2.24, 2.45) is 0 Å². The first kappa shape index (κ1) is 14.0. The molecule has 0 aliphatic heterocycles. The number of rotatable bonds is 5. The monoisotopic (exact) mass is 270 g/mol. The minimum absolute atomic E-state index is 0.0377. The quantitative estimate of drug-likeness (QED) is 0.870. The van der Waals surface area contributed by atoms with Gasteiger partial charge >= 0.3 is 0 Å². The highest BCUT2D eigenvalue weighted by atomic mass is 16.1. The third-order valence-corrected chi connectivity index (χ3v) is 2.90. The van der Waals surface area contributed by atoms with Gasteiger partial charge in [-0.2, -0.15) is 0 Å². The molecular formula is C15H18N4O. The first-order valence-electron chi connectivity index (χ1n) is 6.53. The van der Waals surface area contributed by atoms with Crippen molar-refractivity contribution in [3.8, 4) is 0 Å². The van der Waals surface area contributed by atoms with Gasteiger partial charge in [0.15, 0.2) is 0 Å². The maximum absolute atomic E-state index is 12.0. The number of hydrogen-bond acceptors (Lipinski definition) is 4. The molecular weight excluding hydrogens is 252 g/mol. The summed E-state index contributed by atoms with van der Waals surface area (Å²) in [6, 6.07) is 10.1. The fourth-order valence-corrected chi connectivity index (χ4v) is 1.89. The second-order valence-electron chi connectivity index (χ2n) is 4.60. The molecule has 0 saturated carbocycles. The fourth-order valence-electron chi connectivity index (χ4n) is 1.89. The van der Waals surface area contributed by atoms with E-state index in [1.165, 1.54) is 18.0 Å². The van der Waals surface area contributed by atoms with Crippen LogP contribution in [0.5, 0.6) is 0 Å². The summed E-state index contributed by atoms with van der Waals surface area (Å²) in [7, 11) is 1.76. The third-order valence-electron chi connectivity index (χ3n) is 2.90. The predicted molar refractivity (Wildman–Crippen MR) is 78.7 cm³/mol. The highest BCUT2D eigenvalue weighted by Gasteiger charge is 2.11. The molecule has 1 aromatic heterocycles. The molecule has 0 radical (unpaired) electrons. The lowest BCUT2D eigenvalue weighted by Gasteiger charge is -2.13. The zero-order chi connectivity index (χ0) is 14.4. The van der Waals surface area contributed by atoms with Gasteiger partial charge in [0.1, 0.15) is 11.5 Å². The summed E-state index contributed by atoms with van der Waals surface area (Å²) in [5.74, 6) is 0.433. The van der Waals surface area contributed by atoms with E-state index in [-0.39, 0.29) is 11.9 Å². The van der Waals surface area contributed by atoms with E-state index in [1.807, 2.05) is 37.3 Å². The molecule has 1 heterocycles. The second kappa shape index (κ2) is 6.65. The third kappa shape index (κ3) is 3.78. The highest BCUT2D eigenvalue weighted by molar-refractivity contribution is 5.92. The van der Waals surface area contributed by atoms with Crippen LogP contribution < -0.4 is 10.6 Å². The molecule has 1 atom stereocenters. The van der Waals surface area contributed by atoms with Crippen molar-refractivity contribution < 1.29 is 4.79 Å². The number of hydrogen-bond donors (Lipinski definition) is 2. The summed E-state index contributed by atoms with van der Waals surface area (Å²) in [6.45, 7) is 1.97. The van der Waals surface area contributed by atoms with Gasteiger partial charge in [-0.1, -0.05) is 30.3 Å². The summed E-state index contributed by atoms with van der Waals surface area (Å²) < 4.78 is 0. The summed E-state index contributed by atoms with van der Waals surface area (Å²) in [5, 5.41) is 5.78. The lowest BCUT2D eigenvalue weighted by molar-refractivity contribution is 0.0934. The van der Waals surface area contributed by atoms with E-state index >= 15 is 0 Å². The van der Waals surface area contributed by atoms with Crippen LogP contribution in [0.3, 0.4) is 0 Å². The molecule has 2 N–H and O–H groups in total. The van der Waals surface area contributed by atoms with Crippen molar-refractivity contribution in [2.75, 3.05) is 12.4 Å². The Kier molecular flexibility index (Phi) is 4.65. The minimum atomic E-state index is -0.205. The summed E-state index contributed by atoms with van der Waals surface area (Å²) in [4.78, 5) is 20.2. The van der Waals surface area contributed by atoms with E-state index in [0.29, 0.717) is 11.5 Å². The molecule has 2 rings (SSSR count). The Morgan fingerprint density at radius 3 is 2.55 bits per heavy atom. The van der Waals surface area contributed by atoms with Crippen LogP contribution >= 0.6 is 0 Å². The van der Waals surface area contributed by atoms with Crippen LogP contribution in [0.2, 0.25) is 0 Å². The molecule has 5 heteroatoms. The van der Waals surface area contributed by atoms with E-state index < -0.39 is 0 Å². The minimum Gasteiger partial charge on any atom is -0.372 e. The molecule has 5 nitrogen and oxygen atoms in total. The smallest absolute Gasteiger partial charge is 0.271 e. The zero-order valence-electron chi connectivity index (χ0n) is 11.6. The number of anilines is 1. The van der Waals surface area contributed by atoms with Crippen LogP contribution in [0.1, 0.15) is 23.0 Å². The topological polar surface area (TPSA) is 66.9 Å². The van der Waals surface area contributed by atoms with E-state index in [0.717, 1.165) is 6.42 Å². The Balaban J connectivity index is 1.93. The highest BCUT2D eigenvalue weighted by Crippen LogP contribution is 2.04. The van der Waals surface area contributed by atoms with Crippen molar-refractivity contribution in [1.82, 2.24) is 15.3 Å². The maximum atomic E-state index is 12.0. The Hall–Kier alpha value is -2.43. The molecule has 0 aliphatic carbocycles. The molecule has 0 spiro atoms. The number of carbonyl (C=O) groups is 1. The van der Waals surface area contributed by atoms with Crippen LogP contribution in [-0.4, -0.2) is 29.0 Å². The van der Waals surface area contributed by atoms with Gasteiger partial charge in [-0.25, -0.2) is 9.97 Å². The number of aromatic nitrogens is 2. The van der Waals surface area contributed by atoms with Gasteiger partial charge in [-0.15, -0.1) is 0 Å². The maximum Gasteiger partial charge on any atom is 0.271 e. The normalized spacial score (nSPS) is 11.7. The first-order valence-corrected chi connectivity index (χ1v) is 6.53. The molecule has 104 valence electrons. The van der Waals surface area contributed by atoms with Crippen LogP contribution in [0.25, 0.3) is 0 Å². The van der Waals surface area contributed by atoms with Gasteiger partial charge in [-0.3, -0.25) is 4.79 Å². The van der Waals surface area contributed by atoms with Crippen molar-refractivity contribution in [2.45, 2.75) is 19.4 Å². The molecule has 2 aromatic rings. The van der Waals surface area contributed by atoms with Gasteiger partial charge < -0.3 is 10.6 Å². The van der Waals surface area contributed by atoms with E-state index in [1.54, 1.807) is 7.05 Å². The lowest BCUT2D eigenvalue weighted by atomic mass is 10.1. The second-order valence-corrected chi connectivity index (χ2v) is 4.60. The Labute approximate surface area is 118 Å². The number of nitrogens with zero attached hydrogens (tertiary/aromatic N) is 2. The molecule has 1 unspecified atom stereocenters. The summed E-state index contributed by atoms with van der Waals surface area (Å²) in [6.07, 6.45) is 3.79. The molecule has 0 saturated heterocycles. The largest absolute Gasteiger partial charge is 0.372 e. The molecule has 0 bridgehead atoms.